The van der Waals surface area contributed by atoms with Gasteiger partial charge >= 0.3 is 0 Å². The zero-order valence-electron chi connectivity index (χ0n) is 12.1. The van der Waals surface area contributed by atoms with Crippen LogP contribution in [0.2, 0.25) is 0 Å². The fraction of sp³-hybridized carbons (Fsp3) is 0.647. The highest BCUT2D eigenvalue weighted by Gasteiger charge is 2.14. The second kappa shape index (κ2) is 6.38. The summed E-state index contributed by atoms with van der Waals surface area (Å²) in [7, 11) is 0. The third kappa shape index (κ3) is 3.35. The van der Waals surface area contributed by atoms with Crippen LogP contribution < -0.4 is 5.32 Å². The Labute approximate surface area is 112 Å². The van der Waals surface area contributed by atoms with E-state index >= 15 is 0 Å². The molecule has 0 fully saturated rings. The predicted molar refractivity (Wildman–Crippen MR) is 79.1 cm³/mol. The number of nitrogens with one attached hydrogen (secondary N) is 1. The van der Waals surface area contributed by atoms with E-state index in [9.17, 15) is 0 Å². The van der Waals surface area contributed by atoms with Crippen molar-refractivity contribution in [3.8, 4) is 0 Å². The highest BCUT2D eigenvalue weighted by molar-refractivity contribution is 5.35. The minimum Gasteiger partial charge on any atom is -0.314 e. The first-order chi connectivity index (χ1) is 8.70. The van der Waals surface area contributed by atoms with Crippen LogP contribution >= 0.6 is 0 Å². The number of fused-ring (bicyclic) bond motifs is 1. The summed E-state index contributed by atoms with van der Waals surface area (Å²) in [6.45, 7) is 8.04. The highest BCUT2D eigenvalue weighted by atomic mass is 14.9. The van der Waals surface area contributed by atoms with Gasteiger partial charge in [-0.05, 0) is 68.2 Å². The van der Waals surface area contributed by atoms with Gasteiger partial charge in [0.05, 0.1) is 0 Å². The molecule has 0 saturated heterocycles. The first-order valence-electron chi connectivity index (χ1n) is 7.54. The van der Waals surface area contributed by atoms with Gasteiger partial charge < -0.3 is 5.32 Å². The van der Waals surface area contributed by atoms with Gasteiger partial charge in [-0.1, -0.05) is 32.0 Å². The van der Waals surface area contributed by atoms with Crippen molar-refractivity contribution < 1.29 is 0 Å². The summed E-state index contributed by atoms with van der Waals surface area (Å²) < 4.78 is 0. The zero-order valence-corrected chi connectivity index (χ0v) is 12.1. The van der Waals surface area contributed by atoms with E-state index in [0.717, 1.165) is 6.54 Å². The number of hydrogen-bond acceptors (Lipinski definition) is 1. The maximum absolute atomic E-state index is 3.60. The molecule has 100 valence electrons. The molecule has 0 radical (unpaired) electrons. The Morgan fingerprint density at radius 3 is 2.72 bits per heavy atom. The third-order valence-corrected chi connectivity index (χ3v) is 4.29. The molecule has 0 saturated carbocycles. The fourth-order valence-electron chi connectivity index (χ4n) is 2.87. The van der Waals surface area contributed by atoms with Gasteiger partial charge in [0.25, 0.3) is 0 Å². The van der Waals surface area contributed by atoms with Crippen molar-refractivity contribution in [3.63, 3.8) is 0 Å². The molecule has 2 atom stereocenters. The molecule has 1 aliphatic carbocycles. The van der Waals surface area contributed by atoms with Crippen LogP contribution in [0.25, 0.3) is 0 Å². The van der Waals surface area contributed by atoms with E-state index in [1.807, 2.05) is 0 Å². The topological polar surface area (TPSA) is 12.0 Å². The van der Waals surface area contributed by atoms with Gasteiger partial charge in [-0.2, -0.15) is 0 Å². The zero-order chi connectivity index (χ0) is 13.0. The Morgan fingerprint density at radius 2 is 1.94 bits per heavy atom. The van der Waals surface area contributed by atoms with Gasteiger partial charge in [-0.3, -0.25) is 0 Å². The van der Waals surface area contributed by atoms with Gasteiger partial charge in [0.2, 0.25) is 0 Å². The van der Waals surface area contributed by atoms with Gasteiger partial charge in [-0.15, -0.1) is 0 Å². The van der Waals surface area contributed by atoms with Crippen LogP contribution in [0, 0.1) is 5.92 Å². The lowest BCUT2D eigenvalue weighted by molar-refractivity contribution is 0.399. The molecule has 1 nitrogen and oxygen atoms in total. The molecule has 0 bridgehead atoms. The largest absolute Gasteiger partial charge is 0.314 e. The normalized spacial score (nSPS) is 17.5. The van der Waals surface area contributed by atoms with Crippen molar-refractivity contribution in [2.75, 3.05) is 6.54 Å². The second-order valence-electron chi connectivity index (χ2n) is 5.88. The molecule has 1 aromatic rings. The van der Waals surface area contributed by atoms with Crippen molar-refractivity contribution in [1.29, 1.82) is 0 Å². The lowest BCUT2D eigenvalue weighted by Gasteiger charge is -2.21. The minimum atomic E-state index is 0.609. The average Bonchev–Trinajstić information content (AvgIpc) is 2.83. The summed E-state index contributed by atoms with van der Waals surface area (Å²) in [6.07, 6.45) is 6.35. The van der Waals surface area contributed by atoms with Crippen LogP contribution in [0.5, 0.6) is 0 Å². The molecule has 1 heteroatoms. The molecule has 0 amide bonds. The summed E-state index contributed by atoms with van der Waals surface area (Å²) in [5.41, 5.74) is 4.71. The van der Waals surface area contributed by atoms with Crippen molar-refractivity contribution >= 4 is 0 Å². The van der Waals surface area contributed by atoms with E-state index in [2.05, 4.69) is 44.3 Å². The Bertz CT molecular complexity index is 383. The monoisotopic (exact) mass is 245 g/mol. The molecule has 1 aliphatic rings. The summed E-state index contributed by atoms with van der Waals surface area (Å²) in [6, 6.07) is 7.76. The molecule has 2 rings (SSSR count). The van der Waals surface area contributed by atoms with E-state index in [-0.39, 0.29) is 0 Å². The van der Waals surface area contributed by atoms with Crippen molar-refractivity contribution in [3.05, 3.63) is 34.9 Å². The van der Waals surface area contributed by atoms with Gasteiger partial charge in [-0.25, -0.2) is 0 Å². The van der Waals surface area contributed by atoms with Crippen molar-refractivity contribution in [1.82, 2.24) is 5.32 Å². The van der Waals surface area contributed by atoms with E-state index < -0.39 is 0 Å². The smallest absolute Gasteiger partial charge is 0.00675 e. The minimum absolute atomic E-state index is 0.609. The van der Waals surface area contributed by atoms with Crippen LogP contribution in [0.1, 0.15) is 50.3 Å². The molecule has 0 spiro atoms. The second-order valence-corrected chi connectivity index (χ2v) is 5.88. The lowest BCUT2D eigenvalue weighted by Crippen LogP contribution is -2.33. The summed E-state index contributed by atoms with van der Waals surface area (Å²) in [5.74, 6) is 0.705. The van der Waals surface area contributed by atoms with Crippen molar-refractivity contribution in [2.45, 2.75) is 58.9 Å². The number of hydrogen-bond donors (Lipinski definition) is 1. The molecule has 2 unspecified atom stereocenters. The predicted octanol–water partition coefficient (Wildman–Crippen LogP) is 3.74. The Morgan fingerprint density at radius 1 is 1.17 bits per heavy atom. The maximum atomic E-state index is 3.60. The van der Waals surface area contributed by atoms with Gasteiger partial charge in [0, 0.05) is 6.04 Å². The third-order valence-electron chi connectivity index (χ3n) is 4.29. The first-order valence-corrected chi connectivity index (χ1v) is 7.54. The molecule has 1 N–H and O–H groups in total. The number of rotatable bonds is 6. The van der Waals surface area contributed by atoms with Crippen LogP contribution in [0.4, 0.5) is 0 Å². The maximum Gasteiger partial charge on any atom is 0.00675 e. The van der Waals surface area contributed by atoms with Crippen LogP contribution in [0.15, 0.2) is 18.2 Å². The first kappa shape index (κ1) is 13.6. The van der Waals surface area contributed by atoms with Crippen molar-refractivity contribution in [2.24, 2.45) is 5.92 Å². The standard InChI is InChI=1S/C17H27N/c1-4-10-18-14(3)13(2)11-15-8-9-16-6-5-7-17(16)12-15/h8-9,12-14,18H,4-7,10-11H2,1-3H3. The Balaban J connectivity index is 1.92. The van der Waals surface area contributed by atoms with Crippen LogP contribution in [-0.2, 0) is 19.3 Å². The molecular formula is C17H27N. The molecule has 1 aromatic carbocycles. The van der Waals surface area contributed by atoms with Crippen LogP contribution in [0.3, 0.4) is 0 Å². The van der Waals surface area contributed by atoms with Gasteiger partial charge in [0.1, 0.15) is 0 Å². The van der Waals surface area contributed by atoms with E-state index in [1.54, 1.807) is 11.1 Å². The molecule has 0 aromatic heterocycles. The number of aryl methyl sites for hydroxylation is 2. The molecule has 0 aliphatic heterocycles. The number of benzene rings is 1. The summed E-state index contributed by atoms with van der Waals surface area (Å²) >= 11 is 0. The molecule has 0 heterocycles. The lowest BCUT2D eigenvalue weighted by atomic mass is 9.93. The Hall–Kier alpha value is -0.820. The molecule has 18 heavy (non-hydrogen) atoms. The summed E-state index contributed by atoms with van der Waals surface area (Å²) in [5, 5.41) is 3.60. The van der Waals surface area contributed by atoms with E-state index in [4.69, 9.17) is 0 Å². The fourth-order valence-corrected chi connectivity index (χ4v) is 2.87. The molecular weight excluding hydrogens is 218 g/mol. The Kier molecular flexibility index (Phi) is 4.82. The van der Waals surface area contributed by atoms with Crippen LogP contribution in [-0.4, -0.2) is 12.6 Å². The average molecular weight is 245 g/mol. The van der Waals surface area contributed by atoms with Gasteiger partial charge in [0.15, 0.2) is 0 Å². The highest BCUT2D eigenvalue weighted by Crippen LogP contribution is 2.24. The van der Waals surface area contributed by atoms with E-state index in [1.165, 1.54) is 37.7 Å². The SMILES string of the molecule is CCCNC(C)C(C)Cc1ccc2c(c1)CCC2. The summed E-state index contributed by atoms with van der Waals surface area (Å²) in [4.78, 5) is 0. The quantitative estimate of drug-likeness (QED) is 0.805. The van der Waals surface area contributed by atoms with E-state index in [0.29, 0.717) is 12.0 Å².